The highest BCUT2D eigenvalue weighted by molar-refractivity contribution is 6.04. The van der Waals surface area contributed by atoms with E-state index >= 15 is 0 Å². The van der Waals surface area contributed by atoms with Gasteiger partial charge in [-0.2, -0.15) is 13.2 Å². The number of alkyl halides is 3. The average molecular weight is 364 g/mol. The van der Waals surface area contributed by atoms with Gasteiger partial charge < -0.3 is 15.0 Å². The molecule has 9 heteroatoms. The number of aromatic amines is 1. The lowest BCUT2D eigenvalue weighted by Gasteiger charge is -2.12. The number of benzene rings is 1. The van der Waals surface area contributed by atoms with Gasteiger partial charge >= 0.3 is 6.18 Å². The maximum Gasteiger partial charge on any atom is 0.419 e. The van der Waals surface area contributed by atoms with Crippen molar-refractivity contribution < 1.29 is 22.7 Å². The van der Waals surface area contributed by atoms with E-state index < -0.39 is 17.5 Å². The number of ether oxygens (including phenoxy) is 1. The van der Waals surface area contributed by atoms with E-state index in [1.54, 1.807) is 13.8 Å². The summed E-state index contributed by atoms with van der Waals surface area (Å²) >= 11 is 0. The summed E-state index contributed by atoms with van der Waals surface area (Å²) in [6.45, 7) is 3.61. The molecule has 0 unspecified atom stereocenters. The Morgan fingerprint density at radius 1 is 1.27 bits per heavy atom. The topological polar surface area (TPSA) is 79.9 Å². The molecule has 0 atom stereocenters. The predicted octanol–water partition coefficient (Wildman–Crippen LogP) is 3.91. The van der Waals surface area contributed by atoms with Gasteiger partial charge in [0.1, 0.15) is 11.3 Å². The highest BCUT2D eigenvalue weighted by Crippen LogP contribution is 2.37. The normalized spacial score (nSPS) is 11.8. The third-order valence-corrected chi connectivity index (χ3v) is 3.43. The highest BCUT2D eigenvalue weighted by Gasteiger charge is 2.34. The Hall–Kier alpha value is -3.10. The van der Waals surface area contributed by atoms with E-state index in [0.717, 1.165) is 6.07 Å². The van der Waals surface area contributed by atoms with Crippen LogP contribution in [0.15, 0.2) is 36.7 Å². The number of hydrogen-bond donors (Lipinski definition) is 2. The number of carbonyl (C=O) groups excluding carboxylic acids is 1. The summed E-state index contributed by atoms with van der Waals surface area (Å²) < 4.78 is 44.5. The molecule has 0 aliphatic carbocycles. The zero-order chi connectivity index (χ0) is 18.9. The second kappa shape index (κ2) is 6.66. The predicted molar refractivity (Wildman–Crippen MR) is 88.0 cm³/mol. The van der Waals surface area contributed by atoms with Crippen molar-refractivity contribution in [2.45, 2.75) is 26.1 Å². The van der Waals surface area contributed by atoms with Crippen molar-refractivity contribution in [2.24, 2.45) is 0 Å². The van der Waals surface area contributed by atoms with Gasteiger partial charge in [0.15, 0.2) is 5.65 Å². The van der Waals surface area contributed by atoms with Crippen molar-refractivity contribution in [3.8, 4) is 11.6 Å². The van der Waals surface area contributed by atoms with Crippen LogP contribution in [-0.4, -0.2) is 26.9 Å². The first-order valence-corrected chi connectivity index (χ1v) is 7.75. The number of carbonyl (C=O) groups is 1. The lowest BCUT2D eigenvalue weighted by molar-refractivity contribution is -0.138. The third kappa shape index (κ3) is 3.61. The number of para-hydroxylation sites is 1. The van der Waals surface area contributed by atoms with Crippen molar-refractivity contribution in [1.29, 1.82) is 0 Å². The third-order valence-electron chi connectivity index (χ3n) is 3.43. The summed E-state index contributed by atoms with van der Waals surface area (Å²) in [6.07, 6.45) is -1.93. The smallest absolute Gasteiger partial charge is 0.419 e. The van der Waals surface area contributed by atoms with Crippen LogP contribution < -0.4 is 10.1 Å². The van der Waals surface area contributed by atoms with Crippen LogP contribution in [0.25, 0.3) is 11.2 Å². The van der Waals surface area contributed by atoms with Crippen LogP contribution in [0.2, 0.25) is 0 Å². The first kappa shape index (κ1) is 17.7. The molecule has 136 valence electrons. The van der Waals surface area contributed by atoms with Crippen molar-refractivity contribution >= 4 is 17.1 Å². The van der Waals surface area contributed by atoms with Crippen LogP contribution >= 0.6 is 0 Å². The number of halogens is 3. The first-order valence-electron chi connectivity index (χ1n) is 7.75. The monoisotopic (exact) mass is 364 g/mol. The number of rotatable bonds is 4. The zero-order valence-corrected chi connectivity index (χ0v) is 13.9. The van der Waals surface area contributed by atoms with Gasteiger partial charge in [-0.3, -0.25) is 4.79 Å². The number of nitrogens with zero attached hydrogens (tertiary/aromatic N) is 2. The fourth-order valence-electron chi connectivity index (χ4n) is 2.34. The summed E-state index contributed by atoms with van der Waals surface area (Å²) in [5, 5.41) is 2.72. The Balaban J connectivity index is 1.97. The summed E-state index contributed by atoms with van der Waals surface area (Å²) in [4.78, 5) is 23.2. The van der Waals surface area contributed by atoms with Crippen LogP contribution in [0, 0.1) is 0 Å². The molecule has 26 heavy (non-hydrogen) atoms. The number of nitrogens with one attached hydrogen (secondary N) is 2. The van der Waals surface area contributed by atoms with Gasteiger partial charge in [0, 0.05) is 12.2 Å². The number of hydrogen-bond acceptors (Lipinski definition) is 4. The van der Waals surface area contributed by atoms with E-state index in [1.165, 1.54) is 30.6 Å². The van der Waals surface area contributed by atoms with Crippen LogP contribution in [0.3, 0.4) is 0 Å². The molecule has 6 nitrogen and oxygen atoms in total. The van der Waals surface area contributed by atoms with E-state index in [2.05, 4.69) is 20.3 Å². The molecule has 3 rings (SSSR count). The molecule has 0 radical (unpaired) electrons. The van der Waals surface area contributed by atoms with Crippen LogP contribution in [0.5, 0.6) is 11.6 Å². The fourth-order valence-corrected chi connectivity index (χ4v) is 2.34. The maximum atomic E-state index is 13.1. The molecule has 0 bridgehead atoms. The Labute approximate surface area is 146 Å². The van der Waals surface area contributed by atoms with Gasteiger partial charge in [-0.05, 0) is 26.0 Å². The first-order chi connectivity index (χ1) is 12.3. The van der Waals surface area contributed by atoms with Crippen molar-refractivity contribution in [3.05, 3.63) is 47.8 Å². The maximum absolute atomic E-state index is 13.1. The molecule has 0 saturated carbocycles. The van der Waals surface area contributed by atoms with E-state index in [-0.39, 0.29) is 28.9 Å². The number of aromatic nitrogens is 3. The summed E-state index contributed by atoms with van der Waals surface area (Å²) in [5.41, 5.74) is -0.148. The SMILES string of the molecule is CC(C)NC(=O)c1c[nH]c2ncc(Oc3ccccc3C(F)(F)F)nc12. The van der Waals surface area contributed by atoms with Crippen molar-refractivity contribution in [2.75, 3.05) is 0 Å². The Morgan fingerprint density at radius 2 is 2.00 bits per heavy atom. The summed E-state index contributed by atoms with van der Waals surface area (Å²) in [7, 11) is 0. The van der Waals surface area contributed by atoms with E-state index in [4.69, 9.17) is 4.74 Å². The van der Waals surface area contributed by atoms with Gasteiger partial charge in [0.05, 0.1) is 17.3 Å². The molecule has 0 aliphatic heterocycles. The molecule has 0 fully saturated rings. The zero-order valence-electron chi connectivity index (χ0n) is 13.9. The average Bonchev–Trinajstić information content (AvgIpc) is 2.97. The number of fused-ring (bicyclic) bond motifs is 1. The Morgan fingerprint density at radius 3 is 2.69 bits per heavy atom. The minimum atomic E-state index is -4.56. The van der Waals surface area contributed by atoms with Gasteiger partial charge in [-0.15, -0.1) is 0 Å². The van der Waals surface area contributed by atoms with Gasteiger partial charge in [-0.25, -0.2) is 9.97 Å². The highest BCUT2D eigenvalue weighted by atomic mass is 19.4. The molecule has 0 spiro atoms. The number of H-pyrrole nitrogens is 1. The standard InChI is InChI=1S/C17H15F3N4O2/c1-9(2)23-16(25)10-7-21-15-14(10)24-13(8-22-15)26-12-6-4-3-5-11(12)17(18,19)20/h3-9H,1-2H3,(H,21,22)(H,23,25). The Bertz CT molecular complexity index is 951. The summed E-state index contributed by atoms with van der Waals surface area (Å²) in [5.74, 6) is -0.904. The molecule has 2 heterocycles. The minimum absolute atomic E-state index is 0.0847. The van der Waals surface area contributed by atoms with E-state index in [9.17, 15) is 18.0 Å². The fraction of sp³-hybridized carbons (Fsp3) is 0.235. The second-order valence-corrected chi connectivity index (χ2v) is 5.83. The van der Waals surface area contributed by atoms with Crippen molar-refractivity contribution in [1.82, 2.24) is 20.3 Å². The molecule has 1 aromatic carbocycles. The second-order valence-electron chi connectivity index (χ2n) is 5.83. The molecular weight excluding hydrogens is 349 g/mol. The lowest BCUT2D eigenvalue weighted by atomic mass is 10.2. The molecule has 0 saturated heterocycles. The van der Waals surface area contributed by atoms with Gasteiger partial charge in [0.25, 0.3) is 5.91 Å². The molecule has 1 amide bonds. The molecule has 2 N–H and O–H groups in total. The van der Waals surface area contributed by atoms with Crippen LogP contribution in [-0.2, 0) is 6.18 Å². The molecule has 0 aliphatic rings. The number of amides is 1. The minimum Gasteiger partial charge on any atom is -0.437 e. The Kier molecular flexibility index (Phi) is 4.54. The van der Waals surface area contributed by atoms with Gasteiger partial charge in [-0.1, -0.05) is 12.1 Å². The van der Waals surface area contributed by atoms with E-state index in [1.807, 2.05) is 0 Å². The quantitative estimate of drug-likeness (QED) is 0.736. The van der Waals surface area contributed by atoms with Crippen molar-refractivity contribution in [3.63, 3.8) is 0 Å². The van der Waals surface area contributed by atoms with Crippen LogP contribution in [0.4, 0.5) is 13.2 Å². The summed E-state index contributed by atoms with van der Waals surface area (Å²) in [6, 6.07) is 4.72. The molecular formula is C17H15F3N4O2. The molecule has 2 aromatic heterocycles. The van der Waals surface area contributed by atoms with E-state index in [0.29, 0.717) is 5.65 Å². The van der Waals surface area contributed by atoms with Gasteiger partial charge in [0.2, 0.25) is 5.88 Å². The van der Waals surface area contributed by atoms with Crippen LogP contribution in [0.1, 0.15) is 29.8 Å². The molecule has 3 aromatic rings. The lowest BCUT2D eigenvalue weighted by Crippen LogP contribution is -2.29. The largest absolute Gasteiger partial charge is 0.437 e.